The summed E-state index contributed by atoms with van der Waals surface area (Å²) in [7, 11) is 0. The summed E-state index contributed by atoms with van der Waals surface area (Å²) in [5.41, 5.74) is 7.54. The van der Waals surface area contributed by atoms with Crippen LogP contribution in [0.5, 0.6) is 0 Å². The van der Waals surface area contributed by atoms with E-state index in [1.165, 1.54) is 22.9 Å². The number of fused-ring (bicyclic) bond motifs is 1. The van der Waals surface area contributed by atoms with Crippen molar-refractivity contribution < 1.29 is 25.0 Å². The van der Waals surface area contributed by atoms with Crippen LogP contribution in [0.15, 0.2) is 32.6 Å². The molecule has 3 heterocycles. The highest BCUT2D eigenvalue weighted by molar-refractivity contribution is 9.10. The summed E-state index contributed by atoms with van der Waals surface area (Å²) in [6.45, 7) is -0.569. The molecule has 0 bridgehead atoms. The lowest BCUT2D eigenvalue weighted by Crippen LogP contribution is -2.33. The Balaban J connectivity index is 1.74. The number of aliphatic hydroxyl groups excluding tert-OH is 3. The van der Waals surface area contributed by atoms with Crippen LogP contribution < -0.4 is 16.7 Å². The number of H-pyrrole nitrogens is 1. The number of halogens is 1. The van der Waals surface area contributed by atoms with Gasteiger partial charge in [0.25, 0.3) is 11.2 Å². The van der Waals surface area contributed by atoms with Gasteiger partial charge in [-0.2, -0.15) is 10.1 Å². The van der Waals surface area contributed by atoms with Crippen molar-refractivity contribution in [1.82, 2.24) is 19.5 Å². The molecule has 174 valence electrons. The van der Waals surface area contributed by atoms with Crippen molar-refractivity contribution in [3.63, 3.8) is 0 Å². The van der Waals surface area contributed by atoms with Crippen molar-refractivity contribution >= 4 is 50.9 Å². The normalized spacial score (nSPS) is 22.9. The number of aromatic nitrogens is 4. The number of nitro groups is 1. The molecule has 2 aromatic heterocycles. The van der Waals surface area contributed by atoms with Gasteiger partial charge in [-0.1, -0.05) is 6.07 Å². The van der Waals surface area contributed by atoms with Crippen LogP contribution in [0.1, 0.15) is 11.8 Å². The number of rotatable bonds is 6. The number of anilines is 2. The van der Waals surface area contributed by atoms with E-state index < -0.39 is 41.6 Å². The van der Waals surface area contributed by atoms with Gasteiger partial charge in [0.05, 0.1) is 22.2 Å². The number of ether oxygens (including phenoxy) is 1. The number of nitrogens with two attached hydrogens (primary N) is 1. The zero-order chi connectivity index (χ0) is 23.9. The lowest BCUT2D eigenvalue weighted by Gasteiger charge is -2.18. The molecule has 0 saturated carbocycles. The van der Waals surface area contributed by atoms with Crippen LogP contribution in [0.4, 0.5) is 17.6 Å². The highest BCUT2D eigenvalue weighted by Crippen LogP contribution is 2.34. The summed E-state index contributed by atoms with van der Waals surface area (Å²) in [6, 6.07) is 4.35. The maximum absolute atomic E-state index is 12.3. The Morgan fingerprint density at radius 3 is 2.82 bits per heavy atom. The van der Waals surface area contributed by atoms with E-state index in [1.807, 2.05) is 0 Å². The van der Waals surface area contributed by atoms with Crippen molar-refractivity contribution in [2.45, 2.75) is 24.5 Å². The minimum atomic E-state index is -1.50. The Morgan fingerprint density at radius 1 is 1.39 bits per heavy atom. The molecule has 33 heavy (non-hydrogen) atoms. The van der Waals surface area contributed by atoms with E-state index in [9.17, 15) is 30.2 Å². The van der Waals surface area contributed by atoms with Gasteiger partial charge in [-0.15, -0.1) is 0 Å². The summed E-state index contributed by atoms with van der Waals surface area (Å²) < 4.78 is 7.01. The molecule has 0 spiro atoms. The van der Waals surface area contributed by atoms with Crippen LogP contribution in [-0.2, 0) is 4.74 Å². The third-order valence-corrected chi connectivity index (χ3v) is 5.56. The monoisotopic (exact) mass is 524 g/mol. The number of aliphatic hydroxyl groups is 3. The number of nitro benzene ring substituents is 1. The molecule has 0 amide bonds. The minimum absolute atomic E-state index is 0.0666. The Bertz CT molecular complexity index is 1310. The third kappa shape index (κ3) is 4.16. The van der Waals surface area contributed by atoms with E-state index in [0.29, 0.717) is 10.0 Å². The number of aromatic amines is 1. The number of hydrogen-bond acceptors (Lipinski definition) is 12. The predicted octanol–water partition coefficient (Wildman–Crippen LogP) is -0.570. The first kappa shape index (κ1) is 22.7. The number of nitrogens with zero attached hydrogens (tertiary/aromatic N) is 5. The summed E-state index contributed by atoms with van der Waals surface area (Å²) in [6.07, 6.45) is -4.03. The largest absolute Gasteiger partial charge is 0.394 e. The molecule has 4 atom stereocenters. The lowest BCUT2D eigenvalue weighted by molar-refractivity contribution is -0.385. The SMILES string of the molecule is Nc1nc2c(nc(NN=Cc3ccc(Br)c([N+](=O)[O-])c3)n2[C@@H]2O[C@@H](CO)[C@@H](O)[C@@H]2O)c(=O)[nH]1. The number of imidazole rings is 1. The van der Waals surface area contributed by atoms with Crippen molar-refractivity contribution in [1.29, 1.82) is 0 Å². The first-order valence-corrected chi connectivity index (χ1v) is 10.1. The van der Waals surface area contributed by atoms with Gasteiger partial charge in [0, 0.05) is 11.6 Å². The van der Waals surface area contributed by atoms with Gasteiger partial charge in [0.2, 0.25) is 11.9 Å². The molecule has 16 heteroatoms. The molecule has 7 N–H and O–H groups in total. The highest BCUT2D eigenvalue weighted by Gasteiger charge is 2.45. The average molecular weight is 525 g/mol. The molecular formula is C17H17BrN8O7. The van der Waals surface area contributed by atoms with Gasteiger partial charge in [-0.05, 0) is 22.0 Å². The standard InChI is InChI=1S/C17H17BrN8O7/c18-7-2-1-6(3-8(7)26(31)32)4-20-24-17-21-10-13(22-16(19)23-14(10)30)25(17)15-12(29)11(28)9(5-27)33-15/h1-4,9,11-12,15,27-29H,5H2,(H,21,24)(H3,19,22,23,30)/t9-,11+,12-,15+/m0/s1. The van der Waals surface area contributed by atoms with Crippen LogP contribution in [-0.4, -0.2) is 70.9 Å². The maximum Gasteiger partial charge on any atom is 0.284 e. The fourth-order valence-corrected chi connectivity index (χ4v) is 3.72. The zero-order valence-electron chi connectivity index (χ0n) is 16.5. The summed E-state index contributed by atoms with van der Waals surface area (Å²) in [5, 5.41) is 45.1. The van der Waals surface area contributed by atoms with Gasteiger partial charge in [-0.3, -0.25) is 24.5 Å². The Hall–Kier alpha value is -3.44. The van der Waals surface area contributed by atoms with Crippen LogP contribution >= 0.6 is 15.9 Å². The fourth-order valence-electron chi connectivity index (χ4n) is 3.33. The zero-order valence-corrected chi connectivity index (χ0v) is 18.1. The smallest absolute Gasteiger partial charge is 0.284 e. The number of nitrogen functional groups attached to an aromatic ring is 1. The third-order valence-electron chi connectivity index (χ3n) is 4.89. The minimum Gasteiger partial charge on any atom is -0.394 e. The molecule has 1 aromatic carbocycles. The van der Waals surface area contributed by atoms with E-state index in [1.54, 1.807) is 6.07 Å². The molecule has 1 saturated heterocycles. The Morgan fingerprint density at radius 2 is 2.15 bits per heavy atom. The summed E-state index contributed by atoms with van der Waals surface area (Å²) in [5.74, 6) is -0.330. The van der Waals surface area contributed by atoms with Crippen molar-refractivity contribution in [3.8, 4) is 0 Å². The first-order chi connectivity index (χ1) is 15.7. The molecule has 0 radical (unpaired) electrons. The highest BCUT2D eigenvalue weighted by atomic mass is 79.9. The second kappa shape index (κ2) is 8.83. The van der Waals surface area contributed by atoms with Crippen molar-refractivity contribution in [3.05, 3.63) is 48.7 Å². The maximum atomic E-state index is 12.3. The molecule has 1 aliphatic heterocycles. The Kier molecular flexibility index (Phi) is 6.09. The van der Waals surface area contributed by atoms with Crippen LogP contribution in [0, 0.1) is 10.1 Å². The number of benzene rings is 1. The van der Waals surface area contributed by atoms with E-state index in [2.05, 4.69) is 41.4 Å². The molecule has 4 rings (SSSR count). The second-order valence-corrected chi connectivity index (χ2v) is 7.85. The molecular weight excluding hydrogens is 508 g/mol. The van der Waals surface area contributed by atoms with Gasteiger partial charge in [0.15, 0.2) is 17.4 Å². The predicted molar refractivity (Wildman–Crippen MR) is 118 cm³/mol. The number of hydrazone groups is 1. The molecule has 1 aliphatic rings. The molecule has 0 unspecified atom stereocenters. The lowest BCUT2D eigenvalue weighted by atomic mass is 10.1. The number of nitrogens with one attached hydrogen (secondary N) is 2. The molecule has 3 aromatic rings. The van der Waals surface area contributed by atoms with Gasteiger partial charge in [0.1, 0.15) is 18.3 Å². The van der Waals surface area contributed by atoms with Gasteiger partial charge >= 0.3 is 0 Å². The quantitative estimate of drug-likeness (QED) is 0.136. The van der Waals surface area contributed by atoms with Gasteiger partial charge < -0.3 is 25.8 Å². The van der Waals surface area contributed by atoms with Crippen LogP contribution in [0.2, 0.25) is 0 Å². The van der Waals surface area contributed by atoms with E-state index >= 15 is 0 Å². The van der Waals surface area contributed by atoms with Crippen LogP contribution in [0.25, 0.3) is 11.2 Å². The summed E-state index contributed by atoms with van der Waals surface area (Å²) >= 11 is 3.10. The van der Waals surface area contributed by atoms with Gasteiger partial charge in [-0.25, -0.2) is 10.4 Å². The average Bonchev–Trinajstić information content (AvgIpc) is 3.26. The topological polar surface area (TPSA) is 227 Å². The van der Waals surface area contributed by atoms with E-state index in [-0.39, 0.29) is 28.7 Å². The van der Waals surface area contributed by atoms with Crippen molar-refractivity contribution in [2.75, 3.05) is 17.8 Å². The fraction of sp³-hybridized carbons (Fsp3) is 0.294. The molecule has 15 nitrogen and oxygen atoms in total. The van der Waals surface area contributed by atoms with E-state index in [0.717, 1.165) is 0 Å². The summed E-state index contributed by atoms with van der Waals surface area (Å²) in [4.78, 5) is 33.3. The molecule has 0 aliphatic carbocycles. The first-order valence-electron chi connectivity index (χ1n) is 9.34. The number of hydrogen-bond donors (Lipinski definition) is 6. The van der Waals surface area contributed by atoms with Crippen molar-refractivity contribution in [2.24, 2.45) is 5.10 Å². The molecule has 1 fully saturated rings. The Labute approximate surface area is 191 Å². The van der Waals surface area contributed by atoms with Crippen LogP contribution in [0.3, 0.4) is 0 Å². The second-order valence-electron chi connectivity index (χ2n) is 7.00. The van der Waals surface area contributed by atoms with E-state index in [4.69, 9.17) is 10.5 Å².